The molecule has 1 fully saturated rings. The molecule has 98 valence electrons. The molecule has 1 aromatic rings. The summed E-state index contributed by atoms with van der Waals surface area (Å²) >= 11 is 0. The van der Waals surface area contributed by atoms with Gasteiger partial charge in [0.2, 0.25) is 5.91 Å². The van der Waals surface area contributed by atoms with E-state index in [1.54, 1.807) is 0 Å². The molecule has 0 aliphatic carbocycles. The van der Waals surface area contributed by atoms with Crippen LogP contribution in [0.3, 0.4) is 0 Å². The Hall–Kier alpha value is -1.62. The fraction of sp³-hybridized carbons (Fsp3) is 0.538. The Balaban J connectivity index is 2.09. The minimum Gasteiger partial charge on any atom is -0.373 e. The van der Waals surface area contributed by atoms with Crippen molar-refractivity contribution in [2.24, 2.45) is 0 Å². The number of hydrogen-bond donors (Lipinski definition) is 2. The average molecular weight is 248 g/mol. The van der Waals surface area contributed by atoms with E-state index in [-0.39, 0.29) is 5.91 Å². The number of anilines is 1. The quantitative estimate of drug-likeness (QED) is 0.832. The lowest BCUT2D eigenvalue weighted by atomic mass is 9.98. The molecule has 2 N–H and O–H groups in total. The first-order chi connectivity index (χ1) is 8.54. The highest BCUT2D eigenvalue weighted by Gasteiger charge is 2.37. The third-order valence-electron chi connectivity index (χ3n) is 3.47. The minimum atomic E-state index is -0.458. The van der Waals surface area contributed by atoms with Gasteiger partial charge in [-0.1, -0.05) is 6.07 Å². The van der Waals surface area contributed by atoms with Crippen molar-refractivity contribution in [3.05, 3.63) is 23.9 Å². The van der Waals surface area contributed by atoms with Crippen molar-refractivity contribution in [1.29, 1.82) is 0 Å². The van der Waals surface area contributed by atoms with Crippen molar-refractivity contribution in [1.82, 2.24) is 15.2 Å². The molecule has 2 rings (SSSR count). The van der Waals surface area contributed by atoms with E-state index in [1.165, 1.54) is 0 Å². The molecule has 18 heavy (non-hydrogen) atoms. The summed E-state index contributed by atoms with van der Waals surface area (Å²) in [4.78, 5) is 18.3. The van der Waals surface area contributed by atoms with Gasteiger partial charge in [-0.2, -0.15) is 0 Å². The lowest BCUT2D eigenvalue weighted by molar-refractivity contribution is -0.135. The molecule has 0 radical (unpaired) electrons. The van der Waals surface area contributed by atoms with E-state index in [9.17, 15) is 4.79 Å². The molecule has 1 aliphatic rings. The van der Waals surface area contributed by atoms with Gasteiger partial charge in [0, 0.05) is 32.9 Å². The number of pyridine rings is 1. The van der Waals surface area contributed by atoms with Crippen molar-refractivity contribution in [3.8, 4) is 0 Å². The van der Waals surface area contributed by atoms with E-state index in [0.29, 0.717) is 6.54 Å². The van der Waals surface area contributed by atoms with Gasteiger partial charge in [-0.05, 0) is 25.5 Å². The number of nitrogens with zero attached hydrogens (tertiary/aromatic N) is 2. The Morgan fingerprint density at radius 2 is 2.28 bits per heavy atom. The summed E-state index contributed by atoms with van der Waals surface area (Å²) in [6.07, 6.45) is 1.86. The second-order valence-corrected chi connectivity index (χ2v) is 5.04. The number of carbonyl (C=O) groups is 1. The van der Waals surface area contributed by atoms with E-state index < -0.39 is 5.54 Å². The molecule has 1 saturated heterocycles. The van der Waals surface area contributed by atoms with Crippen molar-refractivity contribution in [3.63, 3.8) is 0 Å². The first-order valence-corrected chi connectivity index (χ1v) is 6.20. The molecule has 2 heterocycles. The van der Waals surface area contributed by atoms with Crippen LogP contribution in [0.25, 0.3) is 0 Å². The number of hydrogen-bond acceptors (Lipinski definition) is 4. The molecule has 0 aromatic carbocycles. The number of carbonyl (C=O) groups excluding carboxylic acids is 1. The summed E-state index contributed by atoms with van der Waals surface area (Å²) in [6, 6.07) is 3.99. The summed E-state index contributed by atoms with van der Waals surface area (Å²) in [7, 11) is 1.85. The lowest BCUT2D eigenvalue weighted by Crippen LogP contribution is -2.61. The number of amides is 1. The molecule has 0 saturated carbocycles. The second kappa shape index (κ2) is 4.94. The highest BCUT2D eigenvalue weighted by Crippen LogP contribution is 2.20. The lowest BCUT2D eigenvalue weighted by Gasteiger charge is -2.41. The highest BCUT2D eigenvalue weighted by molar-refractivity contribution is 5.86. The Kier molecular flexibility index (Phi) is 3.52. The molecular weight excluding hydrogens is 228 g/mol. The summed E-state index contributed by atoms with van der Waals surface area (Å²) < 4.78 is 0. The van der Waals surface area contributed by atoms with Gasteiger partial charge in [0.1, 0.15) is 5.82 Å². The van der Waals surface area contributed by atoms with Crippen LogP contribution in [0.2, 0.25) is 0 Å². The van der Waals surface area contributed by atoms with Gasteiger partial charge in [0.15, 0.2) is 0 Å². The zero-order valence-electron chi connectivity index (χ0n) is 11.2. The summed E-state index contributed by atoms with van der Waals surface area (Å²) in [5.74, 6) is 0.947. The number of rotatable bonds is 3. The van der Waals surface area contributed by atoms with Gasteiger partial charge in [-0.15, -0.1) is 0 Å². The van der Waals surface area contributed by atoms with Crippen LogP contribution in [0.4, 0.5) is 5.82 Å². The summed E-state index contributed by atoms with van der Waals surface area (Å²) in [5.41, 5.74) is 0.664. The normalized spacial score (nSPS) is 19.4. The predicted octanol–water partition coefficient (Wildman–Crippen LogP) is 0.834. The van der Waals surface area contributed by atoms with E-state index in [0.717, 1.165) is 24.5 Å². The second-order valence-electron chi connectivity index (χ2n) is 5.04. The van der Waals surface area contributed by atoms with Crippen molar-refractivity contribution >= 4 is 11.7 Å². The van der Waals surface area contributed by atoms with Crippen LogP contribution < -0.4 is 10.6 Å². The van der Waals surface area contributed by atoms with Crippen LogP contribution >= 0.6 is 0 Å². The van der Waals surface area contributed by atoms with Gasteiger partial charge in [0.25, 0.3) is 0 Å². The van der Waals surface area contributed by atoms with E-state index >= 15 is 0 Å². The maximum absolute atomic E-state index is 11.8. The predicted molar refractivity (Wildman–Crippen MR) is 71.3 cm³/mol. The molecule has 1 aliphatic heterocycles. The smallest absolute Gasteiger partial charge is 0.240 e. The molecule has 5 nitrogen and oxygen atoms in total. The molecule has 0 bridgehead atoms. The molecule has 1 amide bonds. The number of nitrogens with one attached hydrogen (secondary N) is 2. The third kappa shape index (κ3) is 2.46. The SMILES string of the molecule is CNc1ccc(CN2CCNC(=O)C2(C)C)cn1. The number of aromatic nitrogens is 1. The minimum absolute atomic E-state index is 0.0913. The monoisotopic (exact) mass is 248 g/mol. The molecular formula is C13H20N4O. The maximum atomic E-state index is 11.8. The molecule has 0 unspecified atom stereocenters. The molecule has 0 atom stereocenters. The molecule has 0 spiro atoms. The van der Waals surface area contributed by atoms with Crippen molar-refractivity contribution < 1.29 is 4.79 Å². The van der Waals surface area contributed by atoms with Crippen molar-refractivity contribution in [2.45, 2.75) is 25.9 Å². The van der Waals surface area contributed by atoms with E-state index in [4.69, 9.17) is 0 Å². The largest absolute Gasteiger partial charge is 0.373 e. The van der Waals surface area contributed by atoms with Gasteiger partial charge < -0.3 is 10.6 Å². The van der Waals surface area contributed by atoms with Gasteiger partial charge in [-0.25, -0.2) is 4.98 Å². The van der Waals surface area contributed by atoms with Crippen LogP contribution in [-0.4, -0.2) is 41.5 Å². The standard InChI is InChI=1S/C13H20N4O/c1-13(2)12(18)15-6-7-17(13)9-10-4-5-11(14-3)16-8-10/h4-5,8H,6-7,9H2,1-3H3,(H,14,16)(H,15,18). The third-order valence-corrected chi connectivity index (χ3v) is 3.47. The Bertz CT molecular complexity index is 427. The zero-order valence-corrected chi connectivity index (χ0v) is 11.2. The van der Waals surface area contributed by atoms with Crippen LogP contribution in [0.15, 0.2) is 18.3 Å². The zero-order chi connectivity index (χ0) is 13.2. The van der Waals surface area contributed by atoms with E-state index in [2.05, 4.69) is 20.5 Å². The molecule has 5 heteroatoms. The van der Waals surface area contributed by atoms with Crippen LogP contribution in [0.1, 0.15) is 19.4 Å². The highest BCUT2D eigenvalue weighted by atomic mass is 16.2. The summed E-state index contributed by atoms with van der Waals surface area (Å²) in [5, 5.41) is 5.89. The first kappa shape index (κ1) is 12.8. The maximum Gasteiger partial charge on any atom is 0.240 e. The Morgan fingerprint density at radius 1 is 1.50 bits per heavy atom. The summed E-state index contributed by atoms with van der Waals surface area (Å²) in [6.45, 7) is 6.24. The van der Waals surface area contributed by atoms with Gasteiger partial charge in [0.05, 0.1) is 5.54 Å². The fourth-order valence-corrected chi connectivity index (χ4v) is 2.11. The van der Waals surface area contributed by atoms with Gasteiger partial charge in [-0.3, -0.25) is 9.69 Å². The fourth-order valence-electron chi connectivity index (χ4n) is 2.11. The Labute approximate surface area is 108 Å². The number of piperazine rings is 1. The Morgan fingerprint density at radius 3 is 2.89 bits per heavy atom. The first-order valence-electron chi connectivity index (χ1n) is 6.20. The van der Waals surface area contributed by atoms with Gasteiger partial charge >= 0.3 is 0 Å². The van der Waals surface area contributed by atoms with Crippen LogP contribution in [0, 0.1) is 0 Å². The average Bonchev–Trinajstić information content (AvgIpc) is 2.36. The van der Waals surface area contributed by atoms with E-state index in [1.807, 2.05) is 39.2 Å². The van der Waals surface area contributed by atoms with Crippen LogP contribution in [-0.2, 0) is 11.3 Å². The van der Waals surface area contributed by atoms with Crippen LogP contribution in [0.5, 0.6) is 0 Å². The molecule has 1 aromatic heterocycles. The topological polar surface area (TPSA) is 57.3 Å². The van der Waals surface area contributed by atoms with Crippen molar-refractivity contribution in [2.75, 3.05) is 25.5 Å².